The molecular weight excluding hydrogens is 366 g/mol. The van der Waals surface area contributed by atoms with Crippen molar-refractivity contribution < 1.29 is 14.3 Å². The van der Waals surface area contributed by atoms with Crippen LogP contribution in [0.2, 0.25) is 0 Å². The molecule has 0 spiro atoms. The Morgan fingerprint density at radius 1 is 1.41 bits per heavy atom. The van der Waals surface area contributed by atoms with E-state index in [9.17, 15) is 9.59 Å². The van der Waals surface area contributed by atoms with Crippen molar-refractivity contribution in [3.05, 3.63) is 40.2 Å². The number of carbonyl (C=O) groups is 2. The first-order valence-electron chi connectivity index (χ1n) is 8.87. The van der Waals surface area contributed by atoms with E-state index in [-0.39, 0.29) is 11.8 Å². The molecular formula is C18H23N5O3S. The second-order valence-electron chi connectivity index (χ2n) is 6.63. The lowest BCUT2D eigenvalue weighted by atomic mass is 9.99. The van der Waals surface area contributed by atoms with Gasteiger partial charge < -0.3 is 15.0 Å². The molecule has 144 valence electrons. The smallest absolute Gasteiger partial charge is 0.267 e. The highest BCUT2D eigenvalue weighted by molar-refractivity contribution is 7.07. The molecule has 27 heavy (non-hydrogen) atoms. The number of ether oxygens (including phenoxy) is 1. The monoisotopic (exact) mass is 389 g/mol. The van der Waals surface area contributed by atoms with E-state index in [0.717, 1.165) is 36.5 Å². The van der Waals surface area contributed by atoms with Crippen molar-refractivity contribution in [1.29, 1.82) is 0 Å². The first kappa shape index (κ1) is 19.4. The van der Waals surface area contributed by atoms with Crippen LogP contribution in [0.5, 0.6) is 0 Å². The van der Waals surface area contributed by atoms with Gasteiger partial charge in [0.2, 0.25) is 0 Å². The average molecular weight is 389 g/mol. The number of amides is 2. The van der Waals surface area contributed by atoms with Crippen LogP contribution >= 0.6 is 11.5 Å². The molecule has 8 nitrogen and oxygen atoms in total. The highest BCUT2D eigenvalue weighted by Crippen LogP contribution is 2.24. The van der Waals surface area contributed by atoms with Crippen LogP contribution < -0.4 is 5.32 Å². The van der Waals surface area contributed by atoms with Gasteiger partial charge in [0, 0.05) is 39.1 Å². The maximum atomic E-state index is 12.6. The number of carbonyl (C=O) groups excluding carboxylic acids is 2. The minimum absolute atomic E-state index is 0.00870. The van der Waals surface area contributed by atoms with E-state index in [4.69, 9.17) is 4.74 Å². The molecule has 2 aromatic heterocycles. The molecule has 0 radical (unpaired) electrons. The normalized spacial score (nSPS) is 16.5. The molecule has 1 unspecified atom stereocenters. The summed E-state index contributed by atoms with van der Waals surface area (Å²) in [7, 11) is 1.59. The molecule has 1 aliphatic rings. The summed E-state index contributed by atoms with van der Waals surface area (Å²) in [5.74, 6) is 0.205. The largest absolute Gasteiger partial charge is 0.383 e. The molecule has 2 aromatic rings. The van der Waals surface area contributed by atoms with Crippen LogP contribution in [0.1, 0.15) is 37.7 Å². The van der Waals surface area contributed by atoms with E-state index >= 15 is 0 Å². The Labute approximate surface area is 162 Å². The minimum Gasteiger partial charge on any atom is -0.383 e. The number of rotatable bonds is 7. The quantitative estimate of drug-likeness (QED) is 0.718. The summed E-state index contributed by atoms with van der Waals surface area (Å²) in [4.78, 5) is 31.4. The van der Waals surface area contributed by atoms with Gasteiger partial charge in [0.25, 0.3) is 11.8 Å². The van der Waals surface area contributed by atoms with Gasteiger partial charge in [0.05, 0.1) is 17.9 Å². The molecule has 3 rings (SSSR count). The summed E-state index contributed by atoms with van der Waals surface area (Å²) in [6, 6.07) is 1.87. The molecule has 9 heteroatoms. The number of aryl methyl sites for hydroxylation is 1. The number of likely N-dealkylation sites (tertiary alicyclic amines) is 1. The van der Waals surface area contributed by atoms with Crippen molar-refractivity contribution in [3.8, 4) is 0 Å². The SMILES string of the molecule is COCCNC(=O)c1cncc(CC2CCN(C(=O)c3snnc3C)C2)c1. The number of hydrogen-bond acceptors (Lipinski definition) is 7. The van der Waals surface area contributed by atoms with Gasteiger partial charge in [-0.15, -0.1) is 5.10 Å². The molecule has 1 fully saturated rings. The van der Waals surface area contributed by atoms with Gasteiger partial charge in [-0.05, 0) is 48.8 Å². The van der Waals surface area contributed by atoms with Crippen molar-refractivity contribution in [2.24, 2.45) is 5.92 Å². The Kier molecular flexibility index (Phi) is 6.46. The molecule has 0 aliphatic carbocycles. The van der Waals surface area contributed by atoms with Gasteiger partial charge in [-0.2, -0.15) is 0 Å². The van der Waals surface area contributed by atoms with E-state index < -0.39 is 0 Å². The second-order valence-corrected chi connectivity index (χ2v) is 7.38. The summed E-state index contributed by atoms with van der Waals surface area (Å²) in [5, 5.41) is 6.71. The molecule has 1 aliphatic heterocycles. The molecule has 3 heterocycles. The van der Waals surface area contributed by atoms with E-state index in [1.165, 1.54) is 0 Å². The highest BCUT2D eigenvalue weighted by atomic mass is 32.1. The summed E-state index contributed by atoms with van der Waals surface area (Å²) >= 11 is 1.15. The van der Waals surface area contributed by atoms with Gasteiger partial charge in [-0.3, -0.25) is 14.6 Å². The zero-order valence-corrected chi connectivity index (χ0v) is 16.3. The van der Waals surface area contributed by atoms with Crippen molar-refractivity contribution in [3.63, 3.8) is 0 Å². The lowest BCUT2D eigenvalue weighted by Crippen LogP contribution is -2.29. The predicted octanol–water partition coefficient (Wildman–Crippen LogP) is 1.32. The molecule has 0 bridgehead atoms. The predicted molar refractivity (Wildman–Crippen MR) is 101 cm³/mol. The van der Waals surface area contributed by atoms with Gasteiger partial charge in [-0.25, -0.2) is 0 Å². The lowest BCUT2D eigenvalue weighted by molar-refractivity contribution is 0.0790. The van der Waals surface area contributed by atoms with Crippen LogP contribution in [0.25, 0.3) is 0 Å². The lowest BCUT2D eigenvalue weighted by Gasteiger charge is -2.15. The van der Waals surface area contributed by atoms with Gasteiger partial charge in [0.1, 0.15) is 4.88 Å². The van der Waals surface area contributed by atoms with Crippen LogP contribution in [-0.4, -0.2) is 64.6 Å². The zero-order valence-electron chi connectivity index (χ0n) is 15.5. The summed E-state index contributed by atoms with van der Waals surface area (Å²) in [6.45, 7) is 4.16. The van der Waals surface area contributed by atoms with E-state index in [1.54, 1.807) is 26.4 Å². The molecule has 1 saturated heterocycles. The number of hydrogen-bond donors (Lipinski definition) is 1. The fourth-order valence-corrected chi connectivity index (χ4v) is 3.81. The third kappa shape index (κ3) is 4.86. The zero-order chi connectivity index (χ0) is 19.2. The van der Waals surface area contributed by atoms with E-state index in [0.29, 0.717) is 41.7 Å². The fourth-order valence-electron chi connectivity index (χ4n) is 3.18. The topological polar surface area (TPSA) is 97.3 Å². The van der Waals surface area contributed by atoms with Crippen LogP contribution in [0.15, 0.2) is 18.5 Å². The van der Waals surface area contributed by atoms with Crippen LogP contribution in [0.3, 0.4) is 0 Å². The number of methoxy groups -OCH3 is 1. The summed E-state index contributed by atoms with van der Waals surface area (Å²) in [6.07, 6.45) is 5.07. The van der Waals surface area contributed by atoms with Crippen molar-refractivity contribution >= 4 is 23.3 Å². The standard InChI is InChI=1S/C18H23N5O3S/c1-12-16(27-22-21-12)18(25)23-5-3-13(11-23)7-14-8-15(10-19-9-14)17(24)20-4-6-26-2/h8-10,13H,3-7,11H2,1-2H3,(H,20,24). The Morgan fingerprint density at radius 3 is 3.00 bits per heavy atom. The third-order valence-corrected chi connectivity index (χ3v) is 5.41. The molecule has 0 saturated carbocycles. The number of pyridine rings is 1. The Hall–Kier alpha value is -2.39. The van der Waals surface area contributed by atoms with Crippen molar-refractivity contribution in [2.45, 2.75) is 19.8 Å². The van der Waals surface area contributed by atoms with E-state index in [1.807, 2.05) is 11.0 Å². The average Bonchev–Trinajstić information content (AvgIpc) is 3.30. The molecule has 0 aromatic carbocycles. The Bertz CT molecular complexity index is 810. The highest BCUT2D eigenvalue weighted by Gasteiger charge is 2.29. The number of nitrogens with one attached hydrogen (secondary N) is 1. The summed E-state index contributed by atoms with van der Waals surface area (Å²) in [5.41, 5.74) is 2.23. The maximum Gasteiger partial charge on any atom is 0.267 e. The molecule has 1 atom stereocenters. The molecule has 2 amide bonds. The first-order valence-corrected chi connectivity index (χ1v) is 9.65. The van der Waals surface area contributed by atoms with Crippen LogP contribution in [-0.2, 0) is 11.2 Å². The maximum absolute atomic E-state index is 12.6. The summed E-state index contributed by atoms with van der Waals surface area (Å²) < 4.78 is 8.78. The van der Waals surface area contributed by atoms with Crippen LogP contribution in [0.4, 0.5) is 0 Å². The van der Waals surface area contributed by atoms with Gasteiger partial charge in [0.15, 0.2) is 0 Å². The van der Waals surface area contributed by atoms with Crippen LogP contribution in [0, 0.1) is 12.8 Å². The minimum atomic E-state index is -0.155. The Balaban J connectivity index is 1.57. The number of aromatic nitrogens is 3. The van der Waals surface area contributed by atoms with E-state index in [2.05, 4.69) is 19.9 Å². The number of nitrogens with zero attached hydrogens (tertiary/aromatic N) is 4. The van der Waals surface area contributed by atoms with Crippen molar-refractivity contribution in [2.75, 3.05) is 33.4 Å². The van der Waals surface area contributed by atoms with Crippen molar-refractivity contribution in [1.82, 2.24) is 24.8 Å². The van der Waals surface area contributed by atoms with Gasteiger partial charge in [-0.1, -0.05) is 4.49 Å². The Morgan fingerprint density at radius 2 is 2.26 bits per heavy atom. The fraction of sp³-hybridized carbons (Fsp3) is 0.500. The van der Waals surface area contributed by atoms with Gasteiger partial charge >= 0.3 is 0 Å². The first-order chi connectivity index (χ1) is 13.1. The second kappa shape index (κ2) is 9.01. The molecule has 1 N–H and O–H groups in total. The third-order valence-electron chi connectivity index (χ3n) is 4.59.